The van der Waals surface area contributed by atoms with Crippen LogP contribution in [0.4, 0.5) is 0 Å². The Kier molecular flexibility index (Phi) is 5.56. The first-order valence-corrected chi connectivity index (χ1v) is 5.09. The monoisotopic (exact) mass is 172 g/mol. The van der Waals surface area contributed by atoms with Gasteiger partial charge in [-0.05, 0) is 17.8 Å². The van der Waals surface area contributed by atoms with Crippen LogP contribution >= 0.6 is 0 Å². The number of hydrogen-bond donors (Lipinski definition) is 1. The lowest BCUT2D eigenvalue weighted by Crippen LogP contribution is -2.16. The summed E-state index contributed by atoms with van der Waals surface area (Å²) < 4.78 is 0. The van der Waals surface area contributed by atoms with Gasteiger partial charge in [-0.25, -0.2) is 0 Å². The third kappa shape index (κ3) is 6.66. The molecule has 0 unspecified atom stereocenters. The molecule has 1 heteroatoms. The first-order chi connectivity index (χ1) is 5.48. The maximum atomic E-state index is 9.00. The van der Waals surface area contributed by atoms with Crippen LogP contribution in [0, 0.1) is 11.3 Å². The first-order valence-electron chi connectivity index (χ1n) is 5.09. The predicted octanol–water partition coefficient (Wildman–Crippen LogP) is 3.22. The maximum absolute atomic E-state index is 9.00. The van der Waals surface area contributed by atoms with E-state index < -0.39 is 0 Å². The van der Waals surface area contributed by atoms with E-state index >= 15 is 0 Å². The third-order valence-electron chi connectivity index (χ3n) is 2.31. The lowest BCUT2D eigenvalue weighted by molar-refractivity contribution is 0.146. The Morgan fingerprint density at radius 1 is 1.17 bits per heavy atom. The van der Waals surface area contributed by atoms with E-state index in [1.807, 2.05) is 0 Å². The number of aliphatic hydroxyl groups is 1. The topological polar surface area (TPSA) is 20.2 Å². The molecule has 0 aromatic heterocycles. The summed E-state index contributed by atoms with van der Waals surface area (Å²) in [7, 11) is 0. The summed E-state index contributed by atoms with van der Waals surface area (Å²) in [5, 5.41) is 9.00. The fourth-order valence-electron chi connectivity index (χ4n) is 1.24. The quantitative estimate of drug-likeness (QED) is 0.610. The van der Waals surface area contributed by atoms with Crippen LogP contribution in [0.3, 0.4) is 0 Å². The molecule has 0 atom stereocenters. The molecule has 0 aliphatic rings. The Balaban J connectivity index is 3.31. The Morgan fingerprint density at radius 3 is 2.17 bits per heavy atom. The highest BCUT2D eigenvalue weighted by Gasteiger charge is 2.15. The summed E-state index contributed by atoms with van der Waals surface area (Å²) >= 11 is 0. The fraction of sp³-hybridized carbons (Fsp3) is 1.00. The molecule has 0 spiro atoms. The van der Waals surface area contributed by atoms with Gasteiger partial charge in [0, 0.05) is 6.61 Å². The normalized spacial score (nSPS) is 12.5. The van der Waals surface area contributed by atoms with Gasteiger partial charge in [-0.3, -0.25) is 0 Å². The van der Waals surface area contributed by atoms with Crippen LogP contribution in [-0.4, -0.2) is 11.7 Å². The molecule has 0 rings (SSSR count). The van der Waals surface area contributed by atoms with E-state index in [9.17, 15) is 0 Å². The average molecular weight is 172 g/mol. The largest absolute Gasteiger partial charge is 0.396 e. The highest BCUT2D eigenvalue weighted by Crippen LogP contribution is 2.23. The summed E-state index contributed by atoms with van der Waals surface area (Å²) in [5.74, 6) is 0.822. The zero-order valence-corrected chi connectivity index (χ0v) is 9.06. The molecule has 0 bridgehead atoms. The van der Waals surface area contributed by atoms with E-state index in [1.165, 1.54) is 19.3 Å². The van der Waals surface area contributed by atoms with Gasteiger partial charge in [0.1, 0.15) is 0 Å². The minimum atomic E-state index is 0.136. The molecule has 0 aromatic carbocycles. The van der Waals surface area contributed by atoms with Gasteiger partial charge in [-0.2, -0.15) is 0 Å². The van der Waals surface area contributed by atoms with E-state index in [-0.39, 0.29) is 5.41 Å². The lowest BCUT2D eigenvalue weighted by atomic mass is 9.87. The summed E-state index contributed by atoms with van der Waals surface area (Å²) in [5.41, 5.74) is 0.136. The van der Waals surface area contributed by atoms with Gasteiger partial charge < -0.3 is 5.11 Å². The smallest absolute Gasteiger partial charge is 0.0482 e. The van der Waals surface area contributed by atoms with Crippen molar-refractivity contribution in [3.05, 3.63) is 0 Å². The van der Waals surface area contributed by atoms with Gasteiger partial charge in [0.2, 0.25) is 0 Å². The SMILES string of the molecule is CC(C)CCCCC(C)(C)CO. The van der Waals surface area contributed by atoms with Gasteiger partial charge in [0.25, 0.3) is 0 Å². The Bertz CT molecular complexity index is 106. The zero-order valence-electron chi connectivity index (χ0n) is 9.06. The van der Waals surface area contributed by atoms with Crippen LogP contribution in [0.5, 0.6) is 0 Å². The minimum Gasteiger partial charge on any atom is -0.396 e. The number of rotatable bonds is 6. The average Bonchev–Trinajstić information content (AvgIpc) is 1.98. The second-order valence-electron chi connectivity index (χ2n) is 4.96. The Hall–Kier alpha value is -0.0400. The molecule has 0 amide bonds. The number of unbranched alkanes of at least 4 members (excludes halogenated alkanes) is 1. The molecule has 0 aromatic rings. The van der Waals surface area contributed by atoms with E-state index in [4.69, 9.17) is 5.11 Å². The standard InChI is InChI=1S/C11H24O/c1-10(2)7-5-6-8-11(3,4)9-12/h10,12H,5-9H2,1-4H3. The molecule has 74 valence electrons. The predicted molar refractivity (Wildman–Crippen MR) is 54.2 cm³/mol. The van der Waals surface area contributed by atoms with Crippen LogP contribution in [0.2, 0.25) is 0 Å². The molecule has 0 aliphatic heterocycles. The van der Waals surface area contributed by atoms with Crippen LogP contribution in [-0.2, 0) is 0 Å². The zero-order chi connectivity index (χ0) is 9.61. The lowest BCUT2D eigenvalue weighted by Gasteiger charge is -2.21. The summed E-state index contributed by atoms with van der Waals surface area (Å²) in [4.78, 5) is 0. The highest BCUT2D eigenvalue weighted by molar-refractivity contribution is 4.66. The molecule has 0 heterocycles. The molecule has 1 nitrogen and oxygen atoms in total. The van der Waals surface area contributed by atoms with Crippen LogP contribution in [0.1, 0.15) is 53.4 Å². The molecule has 0 aliphatic carbocycles. The van der Waals surface area contributed by atoms with Crippen molar-refractivity contribution in [1.82, 2.24) is 0 Å². The minimum absolute atomic E-state index is 0.136. The highest BCUT2D eigenvalue weighted by atomic mass is 16.3. The van der Waals surface area contributed by atoms with Crippen molar-refractivity contribution in [2.75, 3.05) is 6.61 Å². The Labute approximate surface area is 77.2 Å². The van der Waals surface area contributed by atoms with E-state index in [0.29, 0.717) is 6.61 Å². The molecule has 12 heavy (non-hydrogen) atoms. The van der Waals surface area contributed by atoms with Crippen molar-refractivity contribution in [3.63, 3.8) is 0 Å². The summed E-state index contributed by atoms with van der Waals surface area (Å²) in [6.07, 6.45) is 5.03. The van der Waals surface area contributed by atoms with Gasteiger partial charge in [-0.1, -0.05) is 47.0 Å². The second kappa shape index (κ2) is 5.58. The molecular weight excluding hydrogens is 148 g/mol. The van der Waals surface area contributed by atoms with Crippen molar-refractivity contribution >= 4 is 0 Å². The third-order valence-corrected chi connectivity index (χ3v) is 2.31. The van der Waals surface area contributed by atoms with Gasteiger partial charge >= 0.3 is 0 Å². The van der Waals surface area contributed by atoms with Gasteiger partial charge in [0.05, 0.1) is 0 Å². The van der Waals surface area contributed by atoms with Crippen LogP contribution in [0.25, 0.3) is 0 Å². The molecule has 0 fully saturated rings. The van der Waals surface area contributed by atoms with Crippen molar-refractivity contribution < 1.29 is 5.11 Å². The van der Waals surface area contributed by atoms with Crippen LogP contribution < -0.4 is 0 Å². The van der Waals surface area contributed by atoms with Crippen LogP contribution in [0.15, 0.2) is 0 Å². The maximum Gasteiger partial charge on any atom is 0.0482 e. The van der Waals surface area contributed by atoms with Crippen molar-refractivity contribution in [2.45, 2.75) is 53.4 Å². The van der Waals surface area contributed by atoms with Gasteiger partial charge in [-0.15, -0.1) is 0 Å². The van der Waals surface area contributed by atoms with Crippen molar-refractivity contribution in [2.24, 2.45) is 11.3 Å². The second-order valence-corrected chi connectivity index (χ2v) is 4.96. The molecule has 0 saturated carbocycles. The Morgan fingerprint density at radius 2 is 1.75 bits per heavy atom. The van der Waals surface area contributed by atoms with Crippen molar-refractivity contribution in [3.8, 4) is 0 Å². The van der Waals surface area contributed by atoms with E-state index in [0.717, 1.165) is 12.3 Å². The fourth-order valence-corrected chi connectivity index (χ4v) is 1.24. The molecule has 0 radical (unpaired) electrons. The molecule has 0 saturated heterocycles. The molecular formula is C11H24O. The number of hydrogen-bond acceptors (Lipinski definition) is 1. The van der Waals surface area contributed by atoms with Crippen molar-refractivity contribution in [1.29, 1.82) is 0 Å². The van der Waals surface area contributed by atoms with Gasteiger partial charge in [0.15, 0.2) is 0 Å². The van der Waals surface area contributed by atoms with E-state index in [1.54, 1.807) is 0 Å². The summed E-state index contributed by atoms with van der Waals surface area (Å²) in [6, 6.07) is 0. The number of aliphatic hydroxyl groups excluding tert-OH is 1. The van der Waals surface area contributed by atoms with E-state index in [2.05, 4.69) is 27.7 Å². The summed E-state index contributed by atoms with van der Waals surface area (Å²) in [6.45, 7) is 9.09. The molecule has 1 N–H and O–H groups in total. The first kappa shape index (κ1) is 12.0.